The molecule has 0 aromatic heterocycles. The van der Waals surface area contributed by atoms with E-state index in [9.17, 15) is 13.2 Å². The van der Waals surface area contributed by atoms with Crippen molar-refractivity contribution in [2.45, 2.75) is 32.5 Å². The second-order valence-electron chi connectivity index (χ2n) is 3.79. The average Bonchev–Trinajstić information content (AvgIpc) is 2.06. The molecule has 0 saturated carbocycles. The Kier molecular flexibility index (Phi) is 5.29. The van der Waals surface area contributed by atoms with Crippen molar-refractivity contribution < 1.29 is 13.2 Å². The van der Waals surface area contributed by atoms with Gasteiger partial charge in [-0.05, 0) is 25.0 Å². The Morgan fingerprint density at radius 1 is 1.25 bits per heavy atom. The van der Waals surface area contributed by atoms with Crippen LogP contribution in [0.25, 0.3) is 0 Å². The van der Waals surface area contributed by atoms with E-state index in [1.165, 1.54) is 0 Å². The summed E-state index contributed by atoms with van der Waals surface area (Å²) in [5.41, 5.74) is 7.83. The normalized spacial score (nSPS) is 13.1. The largest absolute Gasteiger partial charge is 0.390 e. The number of hydrogen-bond acceptors (Lipinski definition) is 1. The lowest BCUT2D eigenvalue weighted by Crippen LogP contribution is -2.21. The van der Waals surface area contributed by atoms with Crippen LogP contribution < -0.4 is 5.73 Å². The lowest BCUT2D eigenvalue weighted by Gasteiger charge is -2.17. The lowest BCUT2D eigenvalue weighted by atomic mass is 9.97. The van der Waals surface area contributed by atoms with E-state index in [2.05, 4.69) is 0 Å². The molecular weight excluding hydrogens is 239 g/mol. The molecule has 1 rings (SSSR count). The third-order valence-corrected chi connectivity index (χ3v) is 2.29. The standard InChI is InChI=1S/C11H14F3N.ClH/c1-7-3-4-8(2)9(5-7)10(15)6-11(12,13)14;/h3-5,10H,6,15H2,1-2H3;1H/t10-;/m0./s1. The maximum absolute atomic E-state index is 12.1. The molecule has 0 aliphatic carbocycles. The van der Waals surface area contributed by atoms with Crippen molar-refractivity contribution >= 4 is 12.4 Å². The highest BCUT2D eigenvalue weighted by Crippen LogP contribution is 2.29. The summed E-state index contributed by atoms with van der Waals surface area (Å²) in [6.07, 6.45) is -5.19. The fourth-order valence-corrected chi connectivity index (χ4v) is 1.52. The van der Waals surface area contributed by atoms with Gasteiger partial charge in [-0.25, -0.2) is 0 Å². The highest BCUT2D eigenvalue weighted by Gasteiger charge is 2.31. The minimum Gasteiger partial charge on any atom is -0.324 e. The maximum atomic E-state index is 12.1. The Balaban J connectivity index is 0.00000225. The average molecular weight is 254 g/mol. The van der Waals surface area contributed by atoms with Crippen LogP contribution in [-0.2, 0) is 0 Å². The molecule has 2 N–H and O–H groups in total. The molecule has 0 amide bonds. The summed E-state index contributed by atoms with van der Waals surface area (Å²) in [6, 6.07) is 4.40. The lowest BCUT2D eigenvalue weighted by molar-refractivity contribution is -0.138. The first-order valence-electron chi connectivity index (χ1n) is 4.69. The van der Waals surface area contributed by atoms with Gasteiger partial charge in [-0.15, -0.1) is 12.4 Å². The summed E-state index contributed by atoms with van der Waals surface area (Å²) in [7, 11) is 0. The van der Waals surface area contributed by atoms with Crippen LogP contribution in [0.15, 0.2) is 18.2 Å². The first-order valence-corrected chi connectivity index (χ1v) is 4.69. The minimum atomic E-state index is -4.21. The van der Waals surface area contributed by atoms with Crippen LogP contribution in [0.1, 0.15) is 29.2 Å². The van der Waals surface area contributed by atoms with Crippen LogP contribution in [0.3, 0.4) is 0 Å². The number of hydrogen-bond donors (Lipinski definition) is 1. The highest BCUT2D eigenvalue weighted by atomic mass is 35.5. The van der Waals surface area contributed by atoms with Gasteiger partial charge in [-0.3, -0.25) is 0 Å². The zero-order chi connectivity index (χ0) is 11.6. The van der Waals surface area contributed by atoms with Crippen molar-refractivity contribution in [1.29, 1.82) is 0 Å². The van der Waals surface area contributed by atoms with Crippen molar-refractivity contribution in [2.75, 3.05) is 0 Å². The van der Waals surface area contributed by atoms with Gasteiger partial charge in [-0.2, -0.15) is 13.2 Å². The van der Waals surface area contributed by atoms with E-state index >= 15 is 0 Å². The molecule has 1 aromatic carbocycles. The summed E-state index contributed by atoms with van der Waals surface area (Å²) in [5.74, 6) is 0. The van der Waals surface area contributed by atoms with Crippen LogP contribution in [0, 0.1) is 13.8 Å². The Morgan fingerprint density at radius 3 is 2.31 bits per heavy atom. The quantitative estimate of drug-likeness (QED) is 0.855. The minimum absolute atomic E-state index is 0. The summed E-state index contributed by atoms with van der Waals surface area (Å²) in [5, 5.41) is 0. The second-order valence-corrected chi connectivity index (χ2v) is 3.79. The van der Waals surface area contributed by atoms with E-state index in [1.807, 2.05) is 13.0 Å². The van der Waals surface area contributed by atoms with Crippen LogP contribution in [0.4, 0.5) is 13.2 Å². The van der Waals surface area contributed by atoms with Crippen molar-refractivity contribution in [3.05, 3.63) is 34.9 Å². The number of rotatable bonds is 2. The summed E-state index contributed by atoms with van der Waals surface area (Å²) in [4.78, 5) is 0. The van der Waals surface area contributed by atoms with E-state index in [0.29, 0.717) is 5.56 Å². The fourth-order valence-electron chi connectivity index (χ4n) is 1.52. The van der Waals surface area contributed by atoms with Crippen molar-refractivity contribution in [3.8, 4) is 0 Å². The number of nitrogens with two attached hydrogens (primary N) is 1. The third-order valence-electron chi connectivity index (χ3n) is 2.29. The molecule has 1 aromatic rings. The van der Waals surface area contributed by atoms with Crippen molar-refractivity contribution in [3.63, 3.8) is 0 Å². The van der Waals surface area contributed by atoms with Crippen LogP contribution in [0.2, 0.25) is 0 Å². The van der Waals surface area contributed by atoms with E-state index in [-0.39, 0.29) is 12.4 Å². The first-order chi connectivity index (χ1) is 6.79. The molecule has 0 unspecified atom stereocenters. The van der Waals surface area contributed by atoms with Gasteiger partial charge in [0.15, 0.2) is 0 Å². The molecule has 0 saturated heterocycles. The molecule has 0 spiro atoms. The van der Waals surface area contributed by atoms with E-state index in [0.717, 1.165) is 11.1 Å². The van der Waals surface area contributed by atoms with Gasteiger partial charge in [0.1, 0.15) is 0 Å². The molecule has 92 valence electrons. The molecule has 1 nitrogen and oxygen atoms in total. The van der Waals surface area contributed by atoms with Crippen LogP contribution in [0.5, 0.6) is 0 Å². The van der Waals surface area contributed by atoms with Gasteiger partial charge in [0.25, 0.3) is 0 Å². The van der Waals surface area contributed by atoms with E-state index < -0.39 is 18.6 Å². The SMILES string of the molecule is Cc1ccc(C)c([C@@H](N)CC(F)(F)F)c1.Cl. The molecule has 0 bridgehead atoms. The Bertz CT molecular complexity index is 350. The monoisotopic (exact) mass is 253 g/mol. The van der Waals surface area contributed by atoms with E-state index in [4.69, 9.17) is 5.73 Å². The Morgan fingerprint density at radius 2 is 1.81 bits per heavy atom. The number of aryl methyl sites for hydroxylation is 2. The predicted octanol–water partition coefficient (Wildman–Crippen LogP) is 3.68. The molecule has 0 radical (unpaired) electrons. The molecule has 0 aliphatic heterocycles. The topological polar surface area (TPSA) is 26.0 Å². The number of halogens is 4. The summed E-state index contributed by atoms with van der Waals surface area (Å²) in [6.45, 7) is 3.61. The molecule has 16 heavy (non-hydrogen) atoms. The maximum Gasteiger partial charge on any atom is 0.390 e. The van der Waals surface area contributed by atoms with Gasteiger partial charge in [0.2, 0.25) is 0 Å². The molecule has 0 fully saturated rings. The Hall–Kier alpha value is -0.740. The van der Waals surface area contributed by atoms with Crippen LogP contribution in [-0.4, -0.2) is 6.18 Å². The molecule has 5 heteroatoms. The zero-order valence-electron chi connectivity index (χ0n) is 9.14. The predicted molar refractivity (Wildman–Crippen MR) is 60.8 cm³/mol. The molecular formula is C11H15ClF3N. The van der Waals surface area contributed by atoms with Gasteiger partial charge >= 0.3 is 6.18 Å². The molecule has 1 atom stereocenters. The smallest absolute Gasteiger partial charge is 0.324 e. The number of benzene rings is 1. The Labute approximate surface area is 99.2 Å². The summed E-state index contributed by atoms with van der Waals surface area (Å²) < 4.78 is 36.4. The summed E-state index contributed by atoms with van der Waals surface area (Å²) >= 11 is 0. The van der Waals surface area contributed by atoms with E-state index in [1.54, 1.807) is 19.1 Å². The van der Waals surface area contributed by atoms with Gasteiger partial charge in [0.05, 0.1) is 6.42 Å². The van der Waals surface area contributed by atoms with Crippen molar-refractivity contribution in [2.24, 2.45) is 5.73 Å². The molecule has 0 heterocycles. The zero-order valence-corrected chi connectivity index (χ0v) is 9.95. The van der Waals surface area contributed by atoms with Crippen LogP contribution >= 0.6 is 12.4 Å². The van der Waals surface area contributed by atoms with Gasteiger partial charge in [-0.1, -0.05) is 23.8 Å². The number of alkyl halides is 3. The highest BCUT2D eigenvalue weighted by molar-refractivity contribution is 5.85. The van der Waals surface area contributed by atoms with Gasteiger partial charge < -0.3 is 5.73 Å². The van der Waals surface area contributed by atoms with Gasteiger partial charge in [0, 0.05) is 6.04 Å². The van der Waals surface area contributed by atoms with Crippen molar-refractivity contribution in [1.82, 2.24) is 0 Å². The second kappa shape index (κ2) is 5.55. The third kappa shape index (κ3) is 4.41. The fraction of sp³-hybridized carbons (Fsp3) is 0.455. The first kappa shape index (κ1) is 15.3. The molecule has 0 aliphatic rings.